The highest BCUT2D eigenvalue weighted by Crippen LogP contribution is 2.27. The summed E-state index contributed by atoms with van der Waals surface area (Å²) in [7, 11) is 0. The van der Waals surface area contributed by atoms with Crippen molar-refractivity contribution in [3.8, 4) is 11.4 Å². The van der Waals surface area contributed by atoms with E-state index in [0.717, 1.165) is 17.2 Å². The quantitative estimate of drug-likeness (QED) is 0.658. The number of anilines is 1. The maximum Gasteiger partial charge on any atom is 0.186 e. The Hall–Kier alpha value is -2.43. The molecule has 5 heteroatoms. The molecule has 96 valence electrons. The van der Waals surface area contributed by atoms with Crippen LogP contribution in [0.3, 0.4) is 0 Å². The number of benzene rings is 2. The SMILES string of the molecule is Cc1ccc(N)cc1-c1nc2c(F)c(F)ccc2[nH]1. The van der Waals surface area contributed by atoms with Crippen LogP contribution in [-0.2, 0) is 0 Å². The molecule has 0 aliphatic heterocycles. The summed E-state index contributed by atoms with van der Waals surface area (Å²) in [5, 5.41) is 0. The summed E-state index contributed by atoms with van der Waals surface area (Å²) in [6.07, 6.45) is 0. The smallest absolute Gasteiger partial charge is 0.186 e. The number of H-pyrrole nitrogens is 1. The van der Waals surface area contributed by atoms with Crippen LogP contribution in [0.1, 0.15) is 5.56 Å². The van der Waals surface area contributed by atoms with E-state index in [4.69, 9.17) is 5.73 Å². The van der Waals surface area contributed by atoms with Gasteiger partial charge in [0.05, 0.1) is 5.52 Å². The minimum atomic E-state index is -0.943. The van der Waals surface area contributed by atoms with Gasteiger partial charge in [-0.05, 0) is 36.8 Å². The number of imidazole rings is 1. The Bertz CT molecular complexity index is 778. The average Bonchev–Trinajstić information content (AvgIpc) is 2.81. The molecule has 0 spiro atoms. The van der Waals surface area contributed by atoms with Gasteiger partial charge in [-0.1, -0.05) is 6.07 Å². The highest BCUT2D eigenvalue weighted by Gasteiger charge is 2.14. The third-order valence-corrected chi connectivity index (χ3v) is 3.06. The molecule has 0 bridgehead atoms. The number of fused-ring (bicyclic) bond motifs is 1. The van der Waals surface area contributed by atoms with Crippen molar-refractivity contribution in [3.05, 3.63) is 47.5 Å². The largest absolute Gasteiger partial charge is 0.399 e. The van der Waals surface area contributed by atoms with Gasteiger partial charge < -0.3 is 10.7 Å². The monoisotopic (exact) mass is 259 g/mol. The second-order valence-electron chi connectivity index (χ2n) is 4.42. The van der Waals surface area contributed by atoms with Crippen LogP contribution in [0.25, 0.3) is 22.4 Å². The zero-order chi connectivity index (χ0) is 13.6. The van der Waals surface area contributed by atoms with Crippen LogP contribution < -0.4 is 5.73 Å². The lowest BCUT2D eigenvalue weighted by Crippen LogP contribution is -1.90. The van der Waals surface area contributed by atoms with E-state index in [1.165, 1.54) is 6.07 Å². The summed E-state index contributed by atoms with van der Waals surface area (Å²) >= 11 is 0. The predicted octanol–water partition coefficient (Wildman–Crippen LogP) is 3.40. The van der Waals surface area contributed by atoms with Gasteiger partial charge in [-0.25, -0.2) is 13.8 Å². The summed E-state index contributed by atoms with van der Waals surface area (Å²) in [5.74, 6) is -1.37. The van der Waals surface area contributed by atoms with Crippen molar-refractivity contribution in [1.29, 1.82) is 0 Å². The number of halogens is 2. The lowest BCUT2D eigenvalue weighted by molar-refractivity contribution is 0.515. The molecule has 3 aromatic rings. The summed E-state index contributed by atoms with van der Waals surface area (Å²) in [5.41, 5.74) is 8.51. The molecule has 2 aromatic carbocycles. The first-order chi connectivity index (χ1) is 9.06. The molecule has 19 heavy (non-hydrogen) atoms. The number of aromatic amines is 1. The molecule has 1 heterocycles. The fourth-order valence-corrected chi connectivity index (χ4v) is 2.04. The van der Waals surface area contributed by atoms with E-state index in [1.807, 2.05) is 13.0 Å². The summed E-state index contributed by atoms with van der Waals surface area (Å²) in [6, 6.07) is 7.93. The van der Waals surface area contributed by atoms with Gasteiger partial charge in [0.2, 0.25) is 0 Å². The maximum atomic E-state index is 13.6. The summed E-state index contributed by atoms with van der Waals surface area (Å²) in [6.45, 7) is 1.90. The molecule has 0 fully saturated rings. The lowest BCUT2D eigenvalue weighted by atomic mass is 10.1. The van der Waals surface area contributed by atoms with E-state index in [9.17, 15) is 8.78 Å². The number of nitrogens with two attached hydrogens (primary N) is 1. The first-order valence-electron chi connectivity index (χ1n) is 5.76. The standard InChI is InChI=1S/C14H11F2N3/c1-7-2-3-8(17)6-9(7)14-18-11-5-4-10(15)12(16)13(11)19-14/h2-6H,17H2,1H3,(H,18,19). The molecule has 0 aliphatic carbocycles. The van der Waals surface area contributed by atoms with Crippen LogP contribution in [-0.4, -0.2) is 9.97 Å². The number of nitrogen functional groups attached to an aromatic ring is 1. The predicted molar refractivity (Wildman–Crippen MR) is 70.6 cm³/mol. The topological polar surface area (TPSA) is 54.7 Å². The second kappa shape index (κ2) is 4.05. The van der Waals surface area contributed by atoms with Crippen LogP contribution >= 0.6 is 0 Å². The van der Waals surface area contributed by atoms with E-state index < -0.39 is 11.6 Å². The molecule has 0 aliphatic rings. The van der Waals surface area contributed by atoms with Crippen LogP contribution in [0.4, 0.5) is 14.5 Å². The number of hydrogen-bond donors (Lipinski definition) is 2. The van der Waals surface area contributed by atoms with E-state index in [0.29, 0.717) is 17.0 Å². The Kier molecular flexibility index (Phi) is 2.48. The highest BCUT2D eigenvalue weighted by molar-refractivity contribution is 5.81. The number of nitrogens with zero attached hydrogens (tertiary/aromatic N) is 1. The van der Waals surface area contributed by atoms with Crippen LogP contribution in [0, 0.1) is 18.6 Å². The number of aromatic nitrogens is 2. The van der Waals surface area contributed by atoms with E-state index in [-0.39, 0.29) is 5.52 Å². The third-order valence-electron chi connectivity index (χ3n) is 3.06. The van der Waals surface area contributed by atoms with Crippen LogP contribution in [0.15, 0.2) is 30.3 Å². The Balaban J connectivity index is 2.26. The van der Waals surface area contributed by atoms with Crippen molar-refractivity contribution in [2.24, 2.45) is 0 Å². The molecular formula is C14H11F2N3. The van der Waals surface area contributed by atoms with Gasteiger partial charge in [0.25, 0.3) is 0 Å². The number of rotatable bonds is 1. The molecule has 0 atom stereocenters. The van der Waals surface area contributed by atoms with Gasteiger partial charge >= 0.3 is 0 Å². The molecule has 0 saturated carbocycles. The zero-order valence-corrected chi connectivity index (χ0v) is 10.2. The molecule has 0 unspecified atom stereocenters. The Labute approximate surface area is 108 Å². The lowest BCUT2D eigenvalue weighted by Gasteiger charge is -2.03. The Morgan fingerprint density at radius 2 is 1.95 bits per heavy atom. The molecule has 0 amide bonds. The van der Waals surface area contributed by atoms with Crippen molar-refractivity contribution in [1.82, 2.24) is 9.97 Å². The van der Waals surface area contributed by atoms with Crippen LogP contribution in [0.2, 0.25) is 0 Å². The van der Waals surface area contributed by atoms with Crippen molar-refractivity contribution >= 4 is 16.7 Å². The van der Waals surface area contributed by atoms with Gasteiger partial charge in [-0.3, -0.25) is 0 Å². The van der Waals surface area contributed by atoms with Gasteiger partial charge in [0.15, 0.2) is 11.6 Å². The van der Waals surface area contributed by atoms with Crippen LogP contribution in [0.5, 0.6) is 0 Å². The number of nitrogens with one attached hydrogen (secondary N) is 1. The molecule has 0 radical (unpaired) electrons. The molecule has 0 saturated heterocycles. The Morgan fingerprint density at radius 1 is 1.16 bits per heavy atom. The highest BCUT2D eigenvalue weighted by atomic mass is 19.2. The van der Waals surface area contributed by atoms with Gasteiger partial charge in [-0.2, -0.15) is 0 Å². The first-order valence-corrected chi connectivity index (χ1v) is 5.76. The molecular weight excluding hydrogens is 248 g/mol. The molecule has 3 N–H and O–H groups in total. The number of hydrogen-bond acceptors (Lipinski definition) is 2. The minimum absolute atomic E-state index is 0.00294. The fraction of sp³-hybridized carbons (Fsp3) is 0.0714. The van der Waals surface area contributed by atoms with Gasteiger partial charge in [0, 0.05) is 11.3 Å². The molecule has 1 aromatic heterocycles. The van der Waals surface area contributed by atoms with Gasteiger partial charge in [-0.15, -0.1) is 0 Å². The third kappa shape index (κ3) is 1.83. The van der Waals surface area contributed by atoms with E-state index in [1.54, 1.807) is 12.1 Å². The van der Waals surface area contributed by atoms with Gasteiger partial charge in [0.1, 0.15) is 11.3 Å². The van der Waals surface area contributed by atoms with E-state index >= 15 is 0 Å². The average molecular weight is 259 g/mol. The summed E-state index contributed by atoms with van der Waals surface area (Å²) < 4.78 is 26.8. The maximum absolute atomic E-state index is 13.6. The molecule has 3 nitrogen and oxygen atoms in total. The number of aryl methyl sites for hydroxylation is 1. The fourth-order valence-electron chi connectivity index (χ4n) is 2.04. The summed E-state index contributed by atoms with van der Waals surface area (Å²) in [4.78, 5) is 7.09. The van der Waals surface area contributed by atoms with Crippen molar-refractivity contribution < 1.29 is 8.78 Å². The zero-order valence-electron chi connectivity index (χ0n) is 10.2. The first kappa shape index (κ1) is 11.6. The normalized spacial score (nSPS) is 11.1. The second-order valence-corrected chi connectivity index (χ2v) is 4.42. The van der Waals surface area contributed by atoms with Crippen molar-refractivity contribution in [3.63, 3.8) is 0 Å². The minimum Gasteiger partial charge on any atom is -0.399 e. The van der Waals surface area contributed by atoms with Crippen molar-refractivity contribution in [2.75, 3.05) is 5.73 Å². The van der Waals surface area contributed by atoms with Crippen molar-refractivity contribution in [2.45, 2.75) is 6.92 Å². The van der Waals surface area contributed by atoms with E-state index in [2.05, 4.69) is 9.97 Å². The Morgan fingerprint density at radius 3 is 2.74 bits per heavy atom. The molecule has 3 rings (SSSR count).